The molecule has 0 amide bonds. The van der Waals surface area contributed by atoms with E-state index in [-0.39, 0.29) is 10.7 Å². The maximum absolute atomic E-state index is 13.1. The Bertz CT molecular complexity index is 1260. The van der Waals surface area contributed by atoms with Crippen molar-refractivity contribution in [1.82, 2.24) is 14.3 Å². The van der Waals surface area contributed by atoms with Crippen molar-refractivity contribution < 1.29 is 17.2 Å². The van der Waals surface area contributed by atoms with E-state index in [2.05, 4.69) is 9.97 Å². The van der Waals surface area contributed by atoms with Crippen molar-refractivity contribution in [2.45, 2.75) is 15.9 Å². The van der Waals surface area contributed by atoms with E-state index in [0.29, 0.717) is 22.1 Å². The summed E-state index contributed by atoms with van der Waals surface area (Å²) in [5.74, 6) is 0.270. The molecule has 0 saturated heterocycles. The number of sulfonamides is 1. The number of hydrogen-bond acceptors (Lipinski definition) is 7. The Balaban J connectivity index is 1.50. The lowest BCUT2D eigenvalue weighted by molar-refractivity contribution is 0.489. The number of thioether (sulfide) groups is 1. The van der Waals surface area contributed by atoms with Gasteiger partial charge in [0.25, 0.3) is 5.22 Å². The van der Waals surface area contributed by atoms with Crippen LogP contribution in [0.25, 0.3) is 21.7 Å². The topological polar surface area (TPSA) is 76.3 Å². The Morgan fingerprint density at radius 2 is 1.90 bits per heavy atom. The predicted octanol–water partition coefficient (Wildman–Crippen LogP) is 4.63. The highest BCUT2D eigenvalue weighted by Crippen LogP contribution is 2.30. The van der Waals surface area contributed by atoms with Gasteiger partial charge in [0, 0.05) is 30.8 Å². The van der Waals surface area contributed by atoms with Crippen molar-refractivity contribution in [3.05, 3.63) is 59.4 Å². The number of halogens is 1. The summed E-state index contributed by atoms with van der Waals surface area (Å²) >= 11 is 2.86. The molecule has 10 heteroatoms. The Labute approximate surface area is 175 Å². The number of aromatic nitrogens is 2. The van der Waals surface area contributed by atoms with E-state index in [4.69, 9.17) is 4.42 Å². The molecule has 2 aromatic carbocycles. The predicted molar refractivity (Wildman–Crippen MR) is 112 cm³/mol. The highest BCUT2D eigenvalue weighted by molar-refractivity contribution is 7.98. The number of nitrogens with zero attached hydrogens (tertiary/aromatic N) is 3. The van der Waals surface area contributed by atoms with Crippen LogP contribution in [0.4, 0.5) is 4.39 Å². The van der Waals surface area contributed by atoms with Crippen LogP contribution in [-0.4, -0.2) is 36.8 Å². The van der Waals surface area contributed by atoms with E-state index in [1.807, 2.05) is 5.38 Å². The third-order valence-electron chi connectivity index (χ3n) is 4.10. The molecule has 0 fully saturated rings. The summed E-state index contributed by atoms with van der Waals surface area (Å²) < 4.78 is 44.4. The summed E-state index contributed by atoms with van der Waals surface area (Å²) in [7, 11) is -0.560. The number of fused-ring (bicyclic) bond motifs is 1. The first kappa shape index (κ1) is 20.0. The van der Waals surface area contributed by atoms with E-state index >= 15 is 0 Å². The first-order valence-corrected chi connectivity index (χ1v) is 11.8. The molecular formula is C19H16FN3O3S3. The van der Waals surface area contributed by atoms with Crippen molar-refractivity contribution in [3.63, 3.8) is 0 Å². The van der Waals surface area contributed by atoms with E-state index in [1.54, 1.807) is 18.2 Å². The normalized spacial score (nSPS) is 12.1. The van der Waals surface area contributed by atoms with Gasteiger partial charge in [0.15, 0.2) is 5.58 Å². The molecule has 4 rings (SSSR count). The summed E-state index contributed by atoms with van der Waals surface area (Å²) in [4.78, 5) is 9.12. The van der Waals surface area contributed by atoms with Crippen molar-refractivity contribution in [3.8, 4) is 10.6 Å². The van der Waals surface area contributed by atoms with Crippen LogP contribution in [0.3, 0.4) is 0 Å². The molecule has 0 spiro atoms. The minimum Gasteiger partial charge on any atom is -0.431 e. The molecule has 150 valence electrons. The first-order valence-electron chi connectivity index (χ1n) is 8.49. The van der Waals surface area contributed by atoms with Gasteiger partial charge >= 0.3 is 0 Å². The fraction of sp³-hybridized carbons (Fsp3) is 0.158. The molecule has 4 aromatic rings. The highest BCUT2D eigenvalue weighted by Gasteiger charge is 2.19. The maximum atomic E-state index is 13.1. The number of benzene rings is 2. The van der Waals surface area contributed by atoms with Crippen LogP contribution in [0.5, 0.6) is 0 Å². The summed E-state index contributed by atoms with van der Waals surface area (Å²) in [6.07, 6.45) is 0. The SMILES string of the molecule is CN(C)S(=O)(=O)c1ccc2oc(SCc3csc(-c4ccc(F)cc4)n3)nc2c1. The molecule has 2 heterocycles. The van der Waals surface area contributed by atoms with Crippen LogP contribution in [0.2, 0.25) is 0 Å². The summed E-state index contributed by atoms with van der Waals surface area (Å²) in [5, 5.41) is 3.20. The van der Waals surface area contributed by atoms with E-state index in [1.165, 1.54) is 61.5 Å². The Morgan fingerprint density at radius 3 is 2.62 bits per heavy atom. The van der Waals surface area contributed by atoms with Crippen LogP contribution < -0.4 is 0 Å². The van der Waals surface area contributed by atoms with Gasteiger partial charge in [0.1, 0.15) is 16.3 Å². The molecule has 0 aliphatic rings. The zero-order chi connectivity index (χ0) is 20.6. The van der Waals surface area contributed by atoms with Crippen molar-refractivity contribution in [2.75, 3.05) is 14.1 Å². The standard InChI is InChI=1S/C19H16FN3O3S3/c1-23(2)29(24,25)15-7-8-17-16(9-15)22-19(26-17)28-11-14-10-27-18(21-14)12-3-5-13(20)6-4-12/h3-10H,11H2,1-2H3. The molecule has 0 aliphatic heterocycles. The molecular weight excluding hydrogens is 433 g/mol. The van der Waals surface area contributed by atoms with E-state index in [9.17, 15) is 12.8 Å². The second-order valence-corrected chi connectivity index (χ2v) is 10.3. The molecule has 0 N–H and O–H groups in total. The van der Waals surface area contributed by atoms with Gasteiger partial charge < -0.3 is 4.42 Å². The smallest absolute Gasteiger partial charge is 0.257 e. The lowest BCUT2D eigenvalue weighted by Gasteiger charge is -2.10. The Hall–Kier alpha value is -2.27. The van der Waals surface area contributed by atoms with Gasteiger partial charge in [-0.2, -0.15) is 0 Å². The molecule has 0 unspecified atom stereocenters. The lowest BCUT2D eigenvalue weighted by Crippen LogP contribution is -2.22. The van der Waals surface area contributed by atoms with Gasteiger partial charge in [-0.1, -0.05) is 11.8 Å². The third kappa shape index (κ3) is 4.20. The molecule has 6 nitrogen and oxygen atoms in total. The van der Waals surface area contributed by atoms with Gasteiger partial charge in [-0.15, -0.1) is 11.3 Å². The number of rotatable bonds is 6. The zero-order valence-electron chi connectivity index (χ0n) is 15.5. The van der Waals surface area contributed by atoms with Gasteiger partial charge in [0.05, 0.1) is 10.6 Å². The average molecular weight is 450 g/mol. The number of oxazole rings is 1. The fourth-order valence-electron chi connectivity index (χ4n) is 2.55. The van der Waals surface area contributed by atoms with Crippen molar-refractivity contribution in [2.24, 2.45) is 0 Å². The molecule has 2 aromatic heterocycles. The fourth-order valence-corrected chi connectivity index (χ4v) is 5.14. The van der Waals surface area contributed by atoms with Crippen LogP contribution >= 0.6 is 23.1 Å². The molecule has 0 radical (unpaired) electrons. The number of thiazole rings is 1. The lowest BCUT2D eigenvalue weighted by atomic mass is 10.2. The quantitative estimate of drug-likeness (QED) is 0.400. The molecule has 0 aliphatic carbocycles. The highest BCUT2D eigenvalue weighted by atomic mass is 32.2. The summed E-state index contributed by atoms with van der Waals surface area (Å²) in [6.45, 7) is 0. The van der Waals surface area contributed by atoms with Crippen LogP contribution in [-0.2, 0) is 15.8 Å². The van der Waals surface area contributed by atoms with Crippen molar-refractivity contribution >= 4 is 44.2 Å². The molecule has 29 heavy (non-hydrogen) atoms. The summed E-state index contributed by atoms with van der Waals surface area (Å²) in [6, 6.07) is 10.8. The minimum absolute atomic E-state index is 0.170. The van der Waals surface area contributed by atoms with Gasteiger partial charge in [-0.05, 0) is 42.5 Å². The van der Waals surface area contributed by atoms with Gasteiger partial charge in [-0.25, -0.2) is 27.1 Å². The maximum Gasteiger partial charge on any atom is 0.257 e. The third-order valence-corrected chi connectivity index (χ3v) is 7.72. The van der Waals surface area contributed by atoms with Crippen LogP contribution in [0.1, 0.15) is 5.69 Å². The largest absolute Gasteiger partial charge is 0.431 e. The van der Waals surface area contributed by atoms with Crippen LogP contribution in [0, 0.1) is 5.82 Å². The zero-order valence-corrected chi connectivity index (χ0v) is 17.9. The second kappa shape index (κ2) is 7.86. The molecule has 0 atom stereocenters. The average Bonchev–Trinajstić information content (AvgIpc) is 3.32. The van der Waals surface area contributed by atoms with Crippen molar-refractivity contribution in [1.29, 1.82) is 0 Å². The number of hydrogen-bond donors (Lipinski definition) is 0. The first-order chi connectivity index (χ1) is 13.8. The van der Waals surface area contributed by atoms with Gasteiger partial charge in [-0.3, -0.25) is 0 Å². The van der Waals surface area contributed by atoms with Gasteiger partial charge in [0.2, 0.25) is 10.0 Å². The monoisotopic (exact) mass is 449 g/mol. The molecule has 0 bridgehead atoms. The summed E-state index contributed by atoms with van der Waals surface area (Å²) in [5.41, 5.74) is 2.73. The van der Waals surface area contributed by atoms with E-state index in [0.717, 1.165) is 20.6 Å². The van der Waals surface area contributed by atoms with E-state index < -0.39 is 10.0 Å². The minimum atomic E-state index is -3.53. The Morgan fingerprint density at radius 1 is 1.14 bits per heavy atom. The second-order valence-electron chi connectivity index (χ2n) is 6.34. The van der Waals surface area contributed by atoms with Crippen LogP contribution in [0.15, 0.2) is 62.4 Å². The molecule has 0 saturated carbocycles. The Kier molecular flexibility index (Phi) is 5.43.